The lowest BCUT2D eigenvalue weighted by atomic mass is 10.1. The molecule has 5 nitrogen and oxygen atoms in total. The van der Waals surface area contributed by atoms with E-state index >= 15 is 0 Å². The van der Waals surface area contributed by atoms with Gasteiger partial charge in [-0.2, -0.15) is 10.5 Å². The molecule has 2 rings (SSSR count). The molecule has 0 bridgehead atoms. The van der Waals surface area contributed by atoms with Gasteiger partial charge in [0.25, 0.3) is 0 Å². The minimum atomic E-state index is -1.08. The van der Waals surface area contributed by atoms with Crippen LogP contribution in [0.1, 0.15) is 18.1 Å². The first-order valence-electron chi connectivity index (χ1n) is 6.96. The van der Waals surface area contributed by atoms with Crippen molar-refractivity contribution in [2.24, 2.45) is 0 Å². The van der Waals surface area contributed by atoms with Crippen molar-refractivity contribution >= 4 is 11.4 Å². The lowest BCUT2D eigenvalue weighted by molar-refractivity contribution is 0.321. The van der Waals surface area contributed by atoms with Crippen LogP contribution in [-0.4, -0.2) is 13.7 Å². The van der Waals surface area contributed by atoms with Crippen LogP contribution in [0.15, 0.2) is 24.3 Å². The van der Waals surface area contributed by atoms with E-state index in [1.807, 2.05) is 0 Å². The third-order valence-corrected chi connectivity index (χ3v) is 3.21. The van der Waals surface area contributed by atoms with E-state index in [0.717, 1.165) is 0 Å². The highest BCUT2D eigenvalue weighted by molar-refractivity contribution is 5.72. The van der Waals surface area contributed by atoms with Gasteiger partial charge in [0.05, 0.1) is 13.7 Å². The minimum Gasteiger partial charge on any atom is -0.497 e. The first-order valence-corrected chi connectivity index (χ1v) is 6.96. The van der Waals surface area contributed by atoms with Crippen LogP contribution in [-0.2, 0) is 0 Å². The highest BCUT2D eigenvalue weighted by atomic mass is 19.1. The number of ether oxygens (including phenoxy) is 2. The van der Waals surface area contributed by atoms with Gasteiger partial charge in [0.2, 0.25) is 0 Å². The van der Waals surface area contributed by atoms with Crippen LogP contribution in [0, 0.1) is 34.3 Å². The Morgan fingerprint density at radius 2 is 1.62 bits per heavy atom. The second kappa shape index (κ2) is 7.30. The summed E-state index contributed by atoms with van der Waals surface area (Å²) in [5.41, 5.74) is -1.26. The summed E-state index contributed by atoms with van der Waals surface area (Å²) >= 11 is 0. The van der Waals surface area contributed by atoms with Gasteiger partial charge in [-0.3, -0.25) is 0 Å². The van der Waals surface area contributed by atoms with Crippen LogP contribution in [0.3, 0.4) is 0 Å². The van der Waals surface area contributed by atoms with Gasteiger partial charge in [0.15, 0.2) is 17.4 Å². The van der Waals surface area contributed by atoms with Crippen molar-refractivity contribution in [2.75, 3.05) is 19.0 Å². The summed E-state index contributed by atoms with van der Waals surface area (Å²) in [7, 11) is 1.50. The highest BCUT2D eigenvalue weighted by Gasteiger charge is 2.26. The van der Waals surface area contributed by atoms with Gasteiger partial charge < -0.3 is 14.8 Å². The molecule has 0 aromatic heterocycles. The zero-order chi connectivity index (χ0) is 17.7. The first kappa shape index (κ1) is 17.0. The summed E-state index contributed by atoms with van der Waals surface area (Å²) in [4.78, 5) is 0. The molecule has 24 heavy (non-hydrogen) atoms. The van der Waals surface area contributed by atoms with Crippen LogP contribution >= 0.6 is 0 Å². The quantitative estimate of drug-likeness (QED) is 0.901. The van der Waals surface area contributed by atoms with E-state index in [2.05, 4.69) is 5.32 Å². The minimum absolute atomic E-state index is 0.0599. The Kier molecular flexibility index (Phi) is 5.18. The molecular formula is C17H13F2N3O2. The predicted molar refractivity (Wildman–Crippen MR) is 83.2 cm³/mol. The number of benzene rings is 2. The van der Waals surface area contributed by atoms with Crippen molar-refractivity contribution in [3.8, 4) is 23.6 Å². The van der Waals surface area contributed by atoms with E-state index in [1.165, 1.54) is 19.2 Å². The number of rotatable bonds is 5. The molecule has 0 saturated carbocycles. The molecule has 122 valence electrons. The SMILES string of the molecule is CCOc1c(F)c(C#N)c(C#N)c(F)c1Nc1ccc(OC)cc1. The number of hydrogen-bond acceptors (Lipinski definition) is 5. The van der Waals surface area contributed by atoms with Crippen LogP contribution in [0.5, 0.6) is 11.5 Å². The first-order chi connectivity index (χ1) is 11.6. The highest BCUT2D eigenvalue weighted by Crippen LogP contribution is 2.38. The van der Waals surface area contributed by atoms with E-state index < -0.39 is 28.5 Å². The number of anilines is 2. The molecule has 0 amide bonds. The summed E-state index contributed by atoms with van der Waals surface area (Å²) in [5, 5.41) is 20.7. The Morgan fingerprint density at radius 1 is 1.04 bits per heavy atom. The average Bonchev–Trinajstić information content (AvgIpc) is 2.61. The maximum atomic E-state index is 14.6. The topological polar surface area (TPSA) is 78.1 Å². The molecule has 0 aliphatic heterocycles. The maximum absolute atomic E-state index is 14.6. The molecule has 0 unspecified atom stereocenters. The van der Waals surface area contributed by atoms with Crippen molar-refractivity contribution in [2.45, 2.75) is 6.92 Å². The van der Waals surface area contributed by atoms with Crippen molar-refractivity contribution < 1.29 is 18.3 Å². The molecule has 0 radical (unpaired) electrons. The molecule has 0 saturated heterocycles. The van der Waals surface area contributed by atoms with Gasteiger partial charge in [0.1, 0.15) is 34.7 Å². The summed E-state index contributed by atoms with van der Waals surface area (Å²) in [5.74, 6) is -1.97. The maximum Gasteiger partial charge on any atom is 0.186 e. The van der Waals surface area contributed by atoms with Gasteiger partial charge in [-0.1, -0.05) is 0 Å². The Morgan fingerprint density at radius 3 is 2.12 bits per heavy atom. The van der Waals surface area contributed by atoms with Gasteiger partial charge >= 0.3 is 0 Å². The zero-order valence-electron chi connectivity index (χ0n) is 13.0. The summed E-state index contributed by atoms with van der Waals surface area (Å²) in [6.45, 7) is 1.66. The molecule has 1 N–H and O–H groups in total. The summed E-state index contributed by atoms with van der Waals surface area (Å²) < 4.78 is 39.2. The number of nitrogens with zero attached hydrogens (tertiary/aromatic N) is 2. The van der Waals surface area contributed by atoms with Gasteiger partial charge in [-0.25, -0.2) is 8.78 Å². The standard InChI is InChI=1S/C17H13F2N3O2/c1-3-24-17-15(19)13(9-21)12(8-20)14(18)16(17)22-10-4-6-11(23-2)7-5-10/h4-7,22H,3H2,1-2H3. The molecule has 0 heterocycles. The second-order valence-electron chi connectivity index (χ2n) is 4.59. The van der Waals surface area contributed by atoms with Crippen molar-refractivity contribution in [3.63, 3.8) is 0 Å². The molecule has 7 heteroatoms. The molecule has 0 fully saturated rings. The lowest BCUT2D eigenvalue weighted by Gasteiger charge is -2.16. The van der Waals surface area contributed by atoms with Crippen LogP contribution in [0.25, 0.3) is 0 Å². The fraction of sp³-hybridized carbons (Fsp3) is 0.176. The van der Waals surface area contributed by atoms with E-state index in [4.69, 9.17) is 20.0 Å². The summed E-state index contributed by atoms with van der Waals surface area (Å²) in [6, 6.07) is 9.46. The van der Waals surface area contributed by atoms with Gasteiger partial charge in [0, 0.05) is 5.69 Å². The normalized spacial score (nSPS) is 9.75. The number of nitriles is 2. The Labute approximate surface area is 137 Å². The lowest BCUT2D eigenvalue weighted by Crippen LogP contribution is -2.07. The smallest absolute Gasteiger partial charge is 0.186 e. The largest absolute Gasteiger partial charge is 0.497 e. The molecule has 2 aromatic rings. The fourth-order valence-corrected chi connectivity index (χ4v) is 2.09. The number of methoxy groups -OCH3 is 1. The monoisotopic (exact) mass is 329 g/mol. The molecular weight excluding hydrogens is 316 g/mol. The number of nitrogens with one attached hydrogen (secondary N) is 1. The van der Waals surface area contributed by atoms with E-state index in [9.17, 15) is 8.78 Å². The van der Waals surface area contributed by atoms with Crippen LogP contribution in [0.2, 0.25) is 0 Å². The third kappa shape index (κ3) is 3.06. The number of halogens is 2. The predicted octanol–water partition coefficient (Wildman–Crippen LogP) is 3.86. The van der Waals surface area contributed by atoms with E-state index in [0.29, 0.717) is 11.4 Å². The zero-order valence-corrected chi connectivity index (χ0v) is 13.0. The van der Waals surface area contributed by atoms with Gasteiger partial charge in [-0.15, -0.1) is 0 Å². The fourth-order valence-electron chi connectivity index (χ4n) is 2.09. The second-order valence-corrected chi connectivity index (χ2v) is 4.59. The van der Waals surface area contributed by atoms with Crippen molar-refractivity contribution in [3.05, 3.63) is 47.0 Å². The summed E-state index contributed by atoms with van der Waals surface area (Å²) in [6.07, 6.45) is 0. The van der Waals surface area contributed by atoms with E-state index in [1.54, 1.807) is 31.2 Å². The Hall–Kier alpha value is -3.32. The van der Waals surface area contributed by atoms with Crippen molar-refractivity contribution in [1.82, 2.24) is 0 Å². The van der Waals surface area contributed by atoms with Gasteiger partial charge in [-0.05, 0) is 31.2 Å². The van der Waals surface area contributed by atoms with Crippen LogP contribution in [0.4, 0.5) is 20.2 Å². The third-order valence-electron chi connectivity index (χ3n) is 3.21. The molecule has 0 aliphatic rings. The van der Waals surface area contributed by atoms with Crippen molar-refractivity contribution in [1.29, 1.82) is 10.5 Å². The molecule has 0 spiro atoms. The Balaban J connectivity index is 2.60. The molecule has 0 atom stereocenters. The molecule has 0 aliphatic carbocycles. The Bertz CT molecular complexity index is 837. The molecule has 2 aromatic carbocycles. The number of hydrogen-bond donors (Lipinski definition) is 1. The van der Waals surface area contributed by atoms with Crippen LogP contribution < -0.4 is 14.8 Å². The van der Waals surface area contributed by atoms with E-state index in [-0.39, 0.29) is 12.3 Å². The average molecular weight is 329 g/mol.